The summed E-state index contributed by atoms with van der Waals surface area (Å²) in [6, 6.07) is 0. The van der Waals surface area contributed by atoms with Gasteiger partial charge in [-0.3, -0.25) is 0 Å². The molecular weight excluding hydrogens is 545 g/mol. The molecule has 0 aromatic carbocycles. The largest absolute Gasteiger partial charge is 0.390 e. The summed E-state index contributed by atoms with van der Waals surface area (Å²) in [4.78, 5) is 0. The lowest BCUT2D eigenvalue weighted by Gasteiger charge is -2.48. The highest BCUT2D eigenvalue weighted by atomic mass is 127. The summed E-state index contributed by atoms with van der Waals surface area (Å²) in [5, 5.41) is 10.8. The number of rotatable bonds is 1. The summed E-state index contributed by atoms with van der Waals surface area (Å²) in [5.41, 5.74) is 0.460. The first kappa shape index (κ1) is 13.8. The summed E-state index contributed by atoms with van der Waals surface area (Å²) in [6.45, 7) is 7.07. The Bertz CT molecular complexity index is 300. The van der Waals surface area contributed by atoms with Crippen molar-refractivity contribution in [1.82, 2.24) is 0 Å². The summed E-state index contributed by atoms with van der Waals surface area (Å²) >= 11 is 7.63. The molecule has 0 radical (unpaired) electrons. The average molecular weight is 562 g/mol. The van der Waals surface area contributed by atoms with Gasteiger partial charge in [-0.15, -0.1) is 0 Å². The van der Waals surface area contributed by atoms with Crippen LogP contribution in [0.1, 0.15) is 40.0 Å². The van der Waals surface area contributed by atoms with E-state index in [2.05, 4.69) is 86.2 Å². The van der Waals surface area contributed by atoms with E-state index in [-0.39, 0.29) is 10.6 Å². The second-order valence-corrected chi connectivity index (χ2v) is 40.8. The van der Waals surface area contributed by atoms with Crippen LogP contribution in [0.3, 0.4) is 0 Å². The molecule has 5 heteroatoms. The molecule has 3 unspecified atom stereocenters. The fraction of sp³-hybridized carbons (Fsp3) is 1.00. The van der Waals surface area contributed by atoms with Gasteiger partial charge in [-0.25, -0.2) is 0 Å². The molecular formula is C10H17I3OSi. The van der Waals surface area contributed by atoms with Crippen molar-refractivity contribution < 1.29 is 5.11 Å². The number of fused-ring (bicyclic) bond motifs is 2. The molecule has 0 aromatic heterocycles. The molecule has 0 spiro atoms. The second kappa shape index (κ2) is 3.69. The van der Waals surface area contributed by atoms with Gasteiger partial charge in [-0.05, 0) is 30.6 Å². The Morgan fingerprint density at radius 3 is 1.93 bits per heavy atom. The number of halogens is 3. The van der Waals surface area contributed by atoms with Gasteiger partial charge in [0.05, 0.1) is 5.22 Å². The Morgan fingerprint density at radius 1 is 1.20 bits per heavy atom. The molecule has 3 atom stereocenters. The van der Waals surface area contributed by atoms with Crippen molar-refractivity contribution in [3.05, 3.63) is 0 Å². The van der Waals surface area contributed by atoms with E-state index in [0.717, 1.165) is 12.3 Å². The Balaban J connectivity index is 2.50. The zero-order valence-corrected chi connectivity index (χ0v) is 16.8. The molecule has 1 N–H and O–H groups in total. The maximum absolute atomic E-state index is 11.2. The predicted octanol–water partition coefficient (Wildman–Crippen LogP) is 4.35. The van der Waals surface area contributed by atoms with Crippen molar-refractivity contribution in [3.63, 3.8) is 0 Å². The van der Waals surface area contributed by atoms with E-state index in [1.165, 1.54) is 12.8 Å². The number of hydrogen-bond donors (Lipinski definition) is 1. The van der Waals surface area contributed by atoms with E-state index in [9.17, 15) is 5.11 Å². The van der Waals surface area contributed by atoms with E-state index in [4.69, 9.17) is 0 Å². The lowest BCUT2D eigenvalue weighted by Crippen LogP contribution is -2.57. The Hall–Kier alpha value is 2.37. The van der Waals surface area contributed by atoms with Crippen LogP contribution in [0.4, 0.5) is 0 Å². The van der Waals surface area contributed by atoms with E-state index in [1.54, 1.807) is 0 Å². The van der Waals surface area contributed by atoms with Gasteiger partial charge in [0.2, 0.25) is 0 Å². The van der Waals surface area contributed by atoms with Crippen LogP contribution < -0.4 is 0 Å². The van der Waals surface area contributed by atoms with Crippen molar-refractivity contribution in [2.24, 2.45) is 16.7 Å². The smallest absolute Gasteiger partial charge is 0.284 e. The highest BCUT2D eigenvalue weighted by Gasteiger charge is 2.73. The topological polar surface area (TPSA) is 20.2 Å². The standard InChI is InChI=1S/C10H17I3OSi/c1-8(2)7-4-5-9(8,3)10(14,6-7)15(11,12)13/h7,14H,4-6H2,1-3H3. The van der Waals surface area contributed by atoms with Gasteiger partial charge >= 0.3 is 0 Å². The van der Waals surface area contributed by atoms with E-state index in [0.29, 0.717) is 5.41 Å². The highest BCUT2D eigenvalue weighted by molar-refractivity contribution is 14.4. The predicted molar refractivity (Wildman–Crippen MR) is 92.0 cm³/mol. The molecule has 0 saturated heterocycles. The summed E-state index contributed by atoms with van der Waals surface area (Å²) < 4.78 is -1.60. The second-order valence-electron chi connectivity index (χ2n) is 5.85. The van der Waals surface area contributed by atoms with Crippen molar-refractivity contribution in [1.29, 1.82) is 0 Å². The van der Waals surface area contributed by atoms with Crippen LogP contribution in [0, 0.1) is 16.7 Å². The van der Waals surface area contributed by atoms with Crippen LogP contribution >= 0.6 is 65.4 Å². The average Bonchev–Trinajstić information content (AvgIpc) is 2.34. The Kier molecular flexibility index (Phi) is 3.39. The van der Waals surface area contributed by atoms with Gasteiger partial charge in [0.1, 0.15) is 0 Å². The summed E-state index contributed by atoms with van der Waals surface area (Å²) in [6.07, 6.45) is 3.57. The van der Waals surface area contributed by atoms with Crippen molar-refractivity contribution in [2.75, 3.05) is 0 Å². The molecule has 0 heterocycles. The number of hydrogen-bond acceptors (Lipinski definition) is 1. The first-order valence-electron chi connectivity index (χ1n) is 5.35. The van der Waals surface area contributed by atoms with Gasteiger partial charge in [-0.2, -0.15) is 0 Å². The lowest BCUT2D eigenvalue weighted by molar-refractivity contribution is -0.0247. The normalized spacial score (nSPS) is 48.6. The van der Waals surface area contributed by atoms with Crippen LogP contribution in [0.2, 0.25) is 0 Å². The minimum Gasteiger partial charge on any atom is -0.390 e. The van der Waals surface area contributed by atoms with Gasteiger partial charge < -0.3 is 5.11 Å². The first-order chi connectivity index (χ1) is 6.56. The Morgan fingerprint density at radius 2 is 1.73 bits per heavy atom. The fourth-order valence-electron chi connectivity index (χ4n) is 3.70. The molecule has 88 valence electrons. The van der Waals surface area contributed by atoms with Crippen molar-refractivity contribution in [3.8, 4) is 0 Å². The van der Waals surface area contributed by atoms with E-state index in [1.807, 2.05) is 0 Å². The first-order valence-corrected chi connectivity index (χ1v) is 16.7. The summed E-state index contributed by atoms with van der Waals surface area (Å²) in [5.74, 6) is 0.735. The molecule has 2 bridgehead atoms. The van der Waals surface area contributed by atoms with Crippen LogP contribution in [-0.2, 0) is 0 Å². The molecule has 2 aliphatic rings. The van der Waals surface area contributed by atoms with Crippen LogP contribution in [0.15, 0.2) is 0 Å². The minimum absolute atomic E-state index is 0.139. The molecule has 2 saturated carbocycles. The van der Waals surface area contributed by atoms with Gasteiger partial charge in [-0.1, -0.05) is 86.2 Å². The minimum atomic E-state index is -1.60. The van der Waals surface area contributed by atoms with E-state index >= 15 is 0 Å². The number of aliphatic hydroxyl groups is 1. The molecule has 2 aliphatic carbocycles. The van der Waals surface area contributed by atoms with Crippen molar-refractivity contribution in [2.45, 2.75) is 45.3 Å². The van der Waals surface area contributed by atoms with Crippen LogP contribution in [0.5, 0.6) is 0 Å². The molecule has 0 aliphatic heterocycles. The summed E-state index contributed by atoms with van der Waals surface area (Å²) in [7, 11) is 0. The fourth-order valence-corrected chi connectivity index (χ4v) is 12.6. The molecule has 2 fully saturated rings. The Labute approximate surface area is 131 Å². The highest BCUT2D eigenvalue weighted by Crippen LogP contribution is 2.73. The van der Waals surface area contributed by atoms with Gasteiger partial charge in [0.25, 0.3) is 0.564 Å². The third-order valence-corrected chi connectivity index (χ3v) is 15.1. The maximum atomic E-state index is 11.2. The van der Waals surface area contributed by atoms with Crippen LogP contribution in [0.25, 0.3) is 0 Å². The SMILES string of the molecule is CC1(C)C2CCC1(C)C(O)([Si](I)(I)I)C2. The third-order valence-electron chi connectivity index (χ3n) is 5.36. The van der Waals surface area contributed by atoms with Gasteiger partial charge in [0, 0.05) is 5.41 Å². The monoisotopic (exact) mass is 562 g/mol. The van der Waals surface area contributed by atoms with Crippen molar-refractivity contribution >= 4 is 66.0 Å². The zero-order valence-electron chi connectivity index (χ0n) is 9.28. The van der Waals surface area contributed by atoms with Crippen LogP contribution in [-0.4, -0.2) is 10.9 Å². The molecule has 2 rings (SSSR count). The van der Waals surface area contributed by atoms with Gasteiger partial charge in [0.15, 0.2) is 0 Å². The molecule has 15 heavy (non-hydrogen) atoms. The molecule has 0 aromatic rings. The quantitative estimate of drug-likeness (QED) is 0.287. The molecule has 1 nitrogen and oxygen atoms in total. The molecule has 0 amide bonds. The van der Waals surface area contributed by atoms with E-state index < -0.39 is 0.564 Å². The third kappa shape index (κ3) is 1.57. The maximum Gasteiger partial charge on any atom is 0.284 e. The zero-order chi connectivity index (χ0) is 11.7. The lowest BCUT2D eigenvalue weighted by atomic mass is 9.69.